The molecule has 0 aliphatic heterocycles. The maximum absolute atomic E-state index is 12.0. The highest BCUT2D eigenvalue weighted by atomic mass is 35.5. The first kappa shape index (κ1) is 15.7. The van der Waals surface area contributed by atoms with Gasteiger partial charge >= 0.3 is 0 Å². The zero-order valence-corrected chi connectivity index (χ0v) is 13.9. The van der Waals surface area contributed by atoms with Crippen LogP contribution in [0, 0.1) is 0 Å². The van der Waals surface area contributed by atoms with Gasteiger partial charge in [0, 0.05) is 22.5 Å². The largest absolute Gasteiger partial charge is 0.352 e. The van der Waals surface area contributed by atoms with Crippen molar-refractivity contribution < 1.29 is 4.79 Å². The van der Waals surface area contributed by atoms with Crippen LogP contribution in [0.4, 0.5) is 0 Å². The van der Waals surface area contributed by atoms with Crippen LogP contribution in [0.5, 0.6) is 0 Å². The second-order valence-electron chi connectivity index (χ2n) is 5.09. The SMILES string of the molecule is O=C(Cc1csc(-c2ccccc2)n1)NCc1cccc(Cl)c1. The summed E-state index contributed by atoms with van der Waals surface area (Å²) in [5, 5.41) is 6.43. The number of halogens is 1. The molecule has 0 atom stereocenters. The molecule has 0 fully saturated rings. The summed E-state index contributed by atoms with van der Waals surface area (Å²) in [6.45, 7) is 0.467. The van der Waals surface area contributed by atoms with Crippen molar-refractivity contribution >= 4 is 28.8 Å². The molecular formula is C18H15ClN2OS. The van der Waals surface area contributed by atoms with Gasteiger partial charge in [-0.25, -0.2) is 4.98 Å². The number of carbonyl (C=O) groups is 1. The molecule has 116 valence electrons. The molecule has 0 aliphatic carbocycles. The minimum atomic E-state index is -0.0464. The summed E-state index contributed by atoms with van der Waals surface area (Å²) in [4.78, 5) is 16.6. The molecule has 3 aromatic rings. The Kier molecular flexibility index (Phi) is 5.05. The van der Waals surface area contributed by atoms with Crippen molar-refractivity contribution in [3.8, 4) is 10.6 Å². The predicted octanol–water partition coefficient (Wildman–Crippen LogP) is 4.32. The Bertz CT molecular complexity index is 802. The zero-order chi connectivity index (χ0) is 16.1. The first-order valence-corrected chi connectivity index (χ1v) is 8.47. The Morgan fingerprint density at radius 1 is 1.13 bits per heavy atom. The number of thiazole rings is 1. The van der Waals surface area contributed by atoms with E-state index in [1.54, 1.807) is 11.3 Å². The van der Waals surface area contributed by atoms with Crippen molar-refractivity contribution in [3.05, 3.63) is 76.3 Å². The van der Waals surface area contributed by atoms with Crippen LogP contribution in [0.3, 0.4) is 0 Å². The number of rotatable bonds is 5. The average molecular weight is 343 g/mol. The third-order valence-corrected chi connectivity index (χ3v) is 4.47. The average Bonchev–Trinajstić information content (AvgIpc) is 3.02. The smallest absolute Gasteiger partial charge is 0.226 e. The van der Waals surface area contributed by atoms with Gasteiger partial charge < -0.3 is 5.32 Å². The lowest BCUT2D eigenvalue weighted by molar-refractivity contribution is -0.120. The van der Waals surface area contributed by atoms with Crippen LogP contribution in [0.1, 0.15) is 11.3 Å². The van der Waals surface area contributed by atoms with Crippen molar-refractivity contribution in [2.24, 2.45) is 0 Å². The Morgan fingerprint density at radius 2 is 1.96 bits per heavy atom. The molecule has 23 heavy (non-hydrogen) atoms. The predicted molar refractivity (Wildman–Crippen MR) is 94.6 cm³/mol. The second-order valence-corrected chi connectivity index (χ2v) is 6.39. The van der Waals surface area contributed by atoms with Crippen molar-refractivity contribution in [2.45, 2.75) is 13.0 Å². The Morgan fingerprint density at radius 3 is 2.74 bits per heavy atom. The van der Waals surface area contributed by atoms with Crippen LogP contribution >= 0.6 is 22.9 Å². The first-order valence-electron chi connectivity index (χ1n) is 7.22. The van der Waals surface area contributed by atoms with Gasteiger partial charge in [0.1, 0.15) is 5.01 Å². The fraction of sp³-hybridized carbons (Fsp3) is 0.111. The summed E-state index contributed by atoms with van der Waals surface area (Å²) in [7, 11) is 0. The van der Waals surface area contributed by atoms with E-state index in [9.17, 15) is 4.79 Å². The fourth-order valence-corrected chi connectivity index (χ4v) is 3.21. The Balaban J connectivity index is 1.57. The fourth-order valence-electron chi connectivity index (χ4n) is 2.18. The molecule has 0 saturated carbocycles. The lowest BCUT2D eigenvalue weighted by Crippen LogP contribution is -2.24. The summed E-state index contributed by atoms with van der Waals surface area (Å²) in [6, 6.07) is 17.4. The number of amides is 1. The van der Waals surface area contributed by atoms with E-state index in [2.05, 4.69) is 10.3 Å². The molecular weight excluding hydrogens is 328 g/mol. The molecule has 3 rings (SSSR count). The van der Waals surface area contributed by atoms with Gasteiger partial charge in [-0.3, -0.25) is 4.79 Å². The van der Waals surface area contributed by atoms with Crippen LogP contribution in [-0.2, 0) is 17.8 Å². The quantitative estimate of drug-likeness (QED) is 0.750. The van der Waals surface area contributed by atoms with Crippen molar-refractivity contribution in [2.75, 3.05) is 0 Å². The normalized spacial score (nSPS) is 10.5. The van der Waals surface area contributed by atoms with E-state index < -0.39 is 0 Å². The summed E-state index contributed by atoms with van der Waals surface area (Å²) >= 11 is 7.48. The maximum atomic E-state index is 12.0. The molecule has 1 N–H and O–H groups in total. The highest BCUT2D eigenvalue weighted by Gasteiger charge is 2.09. The summed E-state index contributed by atoms with van der Waals surface area (Å²) in [5.41, 5.74) is 2.84. The molecule has 2 aromatic carbocycles. The molecule has 1 heterocycles. The molecule has 0 bridgehead atoms. The van der Waals surface area contributed by atoms with Gasteiger partial charge in [-0.05, 0) is 17.7 Å². The van der Waals surface area contributed by atoms with E-state index in [0.29, 0.717) is 11.6 Å². The highest BCUT2D eigenvalue weighted by molar-refractivity contribution is 7.13. The molecule has 3 nitrogen and oxygen atoms in total. The van der Waals surface area contributed by atoms with Gasteiger partial charge in [0.2, 0.25) is 5.91 Å². The van der Waals surface area contributed by atoms with Gasteiger partial charge in [0.15, 0.2) is 0 Å². The second kappa shape index (κ2) is 7.40. The summed E-state index contributed by atoms with van der Waals surface area (Å²) in [5.74, 6) is -0.0464. The van der Waals surface area contributed by atoms with Gasteiger partial charge in [-0.2, -0.15) is 0 Å². The number of aromatic nitrogens is 1. The van der Waals surface area contributed by atoms with Crippen LogP contribution in [0.2, 0.25) is 5.02 Å². The number of nitrogens with one attached hydrogen (secondary N) is 1. The third kappa shape index (κ3) is 4.41. The van der Waals surface area contributed by atoms with Crippen molar-refractivity contribution in [1.82, 2.24) is 10.3 Å². The van der Waals surface area contributed by atoms with Crippen LogP contribution in [-0.4, -0.2) is 10.9 Å². The first-order chi connectivity index (χ1) is 11.2. The monoisotopic (exact) mass is 342 g/mol. The molecule has 0 unspecified atom stereocenters. The maximum Gasteiger partial charge on any atom is 0.226 e. The molecule has 0 aliphatic rings. The van der Waals surface area contributed by atoms with Crippen molar-refractivity contribution in [1.29, 1.82) is 0 Å². The van der Waals surface area contributed by atoms with E-state index in [0.717, 1.165) is 21.8 Å². The van der Waals surface area contributed by atoms with Gasteiger partial charge in [0.05, 0.1) is 12.1 Å². The van der Waals surface area contributed by atoms with Gasteiger partial charge in [0.25, 0.3) is 0 Å². The van der Waals surface area contributed by atoms with Gasteiger partial charge in [-0.1, -0.05) is 54.1 Å². The number of carbonyl (C=O) groups excluding carboxylic acids is 1. The zero-order valence-electron chi connectivity index (χ0n) is 12.3. The van der Waals surface area contributed by atoms with Crippen LogP contribution < -0.4 is 5.32 Å². The van der Waals surface area contributed by atoms with E-state index in [-0.39, 0.29) is 12.3 Å². The minimum Gasteiger partial charge on any atom is -0.352 e. The Labute approximate surface area is 144 Å². The topological polar surface area (TPSA) is 42.0 Å². The number of nitrogens with zero attached hydrogens (tertiary/aromatic N) is 1. The summed E-state index contributed by atoms with van der Waals surface area (Å²) < 4.78 is 0. The summed E-state index contributed by atoms with van der Waals surface area (Å²) in [6.07, 6.45) is 0.282. The van der Waals surface area contributed by atoms with E-state index in [1.807, 2.05) is 60.0 Å². The Hall–Kier alpha value is -2.17. The standard InChI is InChI=1S/C18H15ClN2OS/c19-15-8-4-5-13(9-15)11-20-17(22)10-16-12-23-18(21-16)14-6-2-1-3-7-14/h1-9,12H,10-11H2,(H,20,22). The molecule has 0 saturated heterocycles. The molecule has 0 radical (unpaired) electrons. The number of hydrogen-bond acceptors (Lipinski definition) is 3. The number of benzene rings is 2. The van der Waals surface area contributed by atoms with Crippen LogP contribution in [0.25, 0.3) is 10.6 Å². The molecule has 1 aromatic heterocycles. The molecule has 1 amide bonds. The number of hydrogen-bond donors (Lipinski definition) is 1. The van der Waals surface area contributed by atoms with Crippen molar-refractivity contribution in [3.63, 3.8) is 0 Å². The van der Waals surface area contributed by atoms with E-state index in [4.69, 9.17) is 11.6 Å². The highest BCUT2D eigenvalue weighted by Crippen LogP contribution is 2.23. The molecule has 0 spiro atoms. The third-order valence-electron chi connectivity index (χ3n) is 3.29. The lowest BCUT2D eigenvalue weighted by atomic mass is 10.2. The van der Waals surface area contributed by atoms with E-state index in [1.165, 1.54) is 0 Å². The van der Waals surface area contributed by atoms with E-state index >= 15 is 0 Å². The lowest BCUT2D eigenvalue weighted by Gasteiger charge is -2.04. The van der Waals surface area contributed by atoms with Crippen LogP contribution in [0.15, 0.2) is 60.0 Å². The minimum absolute atomic E-state index is 0.0464. The molecule has 5 heteroatoms. The van der Waals surface area contributed by atoms with Gasteiger partial charge in [-0.15, -0.1) is 11.3 Å².